The molecular weight excluding hydrogens is 292 g/mol. The Morgan fingerprint density at radius 1 is 1.50 bits per heavy atom. The number of thiophene rings is 1. The summed E-state index contributed by atoms with van der Waals surface area (Å²) in [6.45, 7) is 2.53. The van der Waals surface area contributed by atoms with E-state index in [1.54, 1.807) is 23.5 Å². The first-order chi connectivity index (χ1) is 9.63. The van der Waals surface area contributed by atoms with Crippen molar-refractivity contribution < 1.29 is 4.79 Å². The molecule has 104 valence electrons. The van der Waals surface area contributed by atoms with Gasteiger partial charge in [0.05, 0.1) is 6.54 Å². The molecule has 3 rings (SSSR count). The number of nitrogens with zero attached hydrogens (tertiary/aromatic N) is 2. The lowest BCUT2D eigenvalue weighted by Crippen LogP contribution is -2.32. The van der Waals surface area contributed by atoms with Gasteiger partial charge in [-0.3, -0.25) is 4.79 Å². The summed E-state index contributed by atoms with van der Waals surface area (Å²) in [6.07, 6.45) is 2.18. The van der Waals surface area contributed by atoms with E-state index in [4.69, 9.17) is 11.6 Å². The van der Waals surface area contributed by atoms with Crippen molar-refractivity contribution in [1.29, 1.82) is 0 Å². The van der Waals surface area contributed by atoms with Crippen LogP contribution in [0.1, 0.15) is 33.8 Å². The average Bonchev–Trinajstić information content (AvgIpc) is 3.11. The highest BCUT2D eigenvalue weighted by Gasteiger charge is 2.33. The monoisotopic (exact) mass is 306 g/mol. The first-order valence-corrected chi connectivity index (χ1v) is 7.87. The second-order valence-electron chi connectivity index (χ2n) is 5.06. The van der Waals surface area contributed by atoms with Crippen molar-refractivity contribution in [2.45, 2.75) is 32.4 Å². The molecule has 0 aromatic carbocycles. The second kappa shape index (κ2) is 5.54. The Hall–Kier alpha value is -1.39. The Morgan fingerprint density at radius 2 is 2.30 bits per heavy atom. The summed E-state index contributed by atoms with van der Waals surface area (Å²) in [5, 5.41) is 2.42. The molecule has 0 bridgehead atoms. The van der Waals surface area contributed by atoms with Crippen molar-refractivity contribution in [3.63, 3.8) is 0 Å². The number of aryl methyl sites for hydroxylation is 1. The quantitative estimate of drug-likeness (QED) is 0.802. The Kier molecular flexibility index (Phi) is 3.76. The van der Waals surface area contributed by atoms with Crippen LogP contribution >= 0.6 is 22.9 Å². The predicted octanol–water partition coefficient (Wildman–Crippen LogP) is 3.91. The van der Waals surface area contributed by atoms with Crippen LogP contribution in [0.15, 0.2) is 29.6 Å². The molecule has 0 N–H and O–H groups in total. The largest absolute Gasteiger partial charge is 0.331 e. The van der Waals surface area contributed by atoms with E-state index in [0.717, 1.165) is 18.5 Å². The number of hydrogen-bond donors (Lipinski definition) is 0. The van der Waals surface area contributed by atoms with E-state index in [9.17, 15) is 4.79 Å². The summed E-state index contributed by atoms with van der Waals surface area (Å²) in [7, 11) is 0. The first-order valence-electron chi connectivity index (χ1n) is 6.61. The van der Waals surface area contributed by atoms with Gasteiger partial charge in [-0.15, -0.1) is 11.3 Å². The van der Waals surface area contributed by atoms with Crippen molar-refractivity contribution in [2.24, 2.45) is 0 Å². The predicted molar refractivity (Wildman–Crippen MR) is 81.2 cm³/mol. The molecule has 1 fully saturated rings. The minimum atomic E-state index is 0.0494. The van der Waals surface area contributed by atoms with Crippen LogP contribution in [-0.2, 0) is 6.54 Å². The number of aromatic nitrogens is 1. The molecule has 1 amide bonds. The Balaban J connectivity index is 1.85. The fourth-order valence-electron chi connectivity index (χ4n) is 2.24. The fraction of sp³-hybridized carbons (Fsp3) is 0.333. The Labute approximate surface area is 127 Å². The maximum absolute atomic E-state index is 12.7. The van der Waals surface area contributed by atoms with Gasteiger partial charge >= 0.3 is 0 Å². The summed E-state index contributed by atoms with van der Waals surface area (Å²) in [4.78, 5) is 20.0. The van der Waals surface area contributed by atoms with Crippen molar-refractivity contribution in [1.82, 2.24) is 9.88 Å². The second-order valence-corrected chi connectivity index (χ2v) is 6.48. The van der Waals surface area contributed by atoms with Gasteiger partial charge in [0.1, 0.15) is 5.15 Å². The van der Waals surface area contributed by atoms with E-state index in [2.05, 4.69) is 11.1 Å². The van der Waals surface area contributed by atoms with Crippen LogP contribution in [0.3, 0.4) is 0 Å². The maximum atomic E-state index is 12.7. The minimum absolute atomic E-state index is 0.0494. The highest BCUT2D eigenvalue weighted by atomic mass is 35.5. The van der Waals surface area contributed by atoms with Gasteiger partial charge in [0.15, 0.2) is 0 Å². The van der Waals surface area contributed by atoms with Gasteiger partial charge in [0.2, 0.25) is 0 Å². The van der Waals surface area contributed by atoms with E-state index < -0.39 is 0 Å². The van der Waals surface area contributed by atoms with E-state index in [1.807, 2.05) is 23.3 Å². The molecule has 0 saturated heterocycles. The van der Waals surface area contributed by atoms with Crippen LogP contribution in [0.4, 0.5) is 0 Å². The Bertz CT molecular complexity index is 603. The first kappa shape index (κ1) is 13.6. The lowest BCUT2D eigenvalue weighted by atomic mass is 10.2. The zero-order chi connectivity index (χ0) is 14.1. The molecule has 1 aliphatic carbocycles. The summed E-state index contributed by atoms with van der Waals surface area (Å²) in [6, 6.07) is 7.91. The standard InChI is InChI=1S/C15H15ClN2OS/c1-10-7-11(8-14(16)17-10)15(19)18(12-4-5-12)9-13-3-2-6-20-13/h2-3,6-8,12H,4-5,9H2,1H3. The van der Waals surface area contributed by atoms with Crippen molar-refractivity contribution >= 4 is 28.8 Å². The van der Waals surface area contributed by atoms with Gasteiger partial charge in [-0.05, 0) is 43.3 Å². The van der Waals surface area contributed by atoms with Gasteiger partial charge in [-0.1, -0.05) is 17.7 Å². The van der Waals surface area contributed by atoms with E-state index in [1.165, 1.54) is 4.88 Å². The third-order valence-electron chi connectivity index (χ3n) is 3.32. The van der Waals surface area contributed by atoms with Crippen LogP contribution in [0.2, 0.25) is 5.15 Å². The topological polar surface area (TPSA) is 33.2 Å². The Morgan fingerprint density at radius 3 is 2.90 bits per heavy atom. The van der Waals surface area contributed by atoms with E-state index >= 15 is 0 Å². The van der Waals surface area contributed by atoms with Crippen molar-refractivity contribution in [2.75, 3.05) is 0 Å². The molecule has 3 nitrogen and oxygen atoms in total. The molecule has 0 aliphatic heterocycles. The molecule has 1 aliphatic rings. The molecule has 5 heteroatoms. The maximum Gasteiger partial charge on any atom is 0.254 e. The fourth-order valence-corrected chi connectivity index (χ4v) is 3.19. The van der Waals surface area contributed by atoms with Gasteiger partial charge in [0, 0.05) is 22.2 Å². The zero-order valence-electron chi connectivity index (χ0n) is 11.2. The molecule has 0 atom stereocenters. The third kappa shape index (κ3) is 3.02. The number of hydrogen-bond acceptors (Lipinski definition) is 3. The number of carbonyl (C=O) groups excluding carboxylic acids is 1. The number of amides is 1. The van der Waals surface area contributed by atoms with Crippen LogP contribution in [-0.4, -0.2) is 21.8 Å². The normalized spacial score (nSPS) is 14.3. The lowest BCUT2D eigenvalue weighted by Gasteiger charge is -2.22. The van der Waals surface area contributed by atoms with Crippen molar-refractivity contribution in [3.8, 4) is 0 Å². The van der Waals surface area contributed by atoms with Gasteiger partial charge in [-0.25, -0.2) is 4.98 Å². The number of halogens is 1. The minimum Gasteiger partial charge on any atom is -0.331 e. The molecule has 0 unspecified atom stereocenters. The summed E-state index contributed by atoms with van der Waals surface area (Å²) < 4.78 is 0. The third-order valence-corrected chi connectivity index (χ3v) is 4.38. The molecule has 20 heavy (non-hydrogen) atoms. The molecular formula is C15H15ClN2OS. The highest BCUT2D eigenvalue weighted by molar-refractivity contribution is 7.09. The van der Waals surface area contributed by atoms with E-state index in [0.29, 0.717) is 23.3 Å². The van der Waals surface area contributed by atoms with Crippen LogP contribution in [0.25, 0.3) is 0 Å². The zero-order valence-corrected chi connectivity index (χ0v) is 12.7. The van der Waals surface area contributed by atoms with Gasteiger partial charge < -0.3 is 4.90 Å². The summed E-state index contributed by atoms with van der Waals surface area (Å²) >= 11 is 7.64. The average molecular weight is 307 g/mol. The smallest absolute Gasteiger partial charge is 0.254 e. The molecule has 0 spiro atoms. The van der Waals surface area contributed by atoms with Crippen LogP contribution < -0.4 is 0 Å². The van der Waals surface area contributed by atoms with Crippen LogP contribution in [0.5, 0.6) is 0 Å². The number of pyridine rings is 1. The molecule has 1 saturated carbocycles. The van der Waals surface area contributed by atoms with Gasteiger partial charge in [0.25, 0.3) is 5.91 Å². The number of carbonyl (C=O) groups is 1. The lowest BCUT2D eigenvalue weighted by molar-refractivity contribution is 0.0731. The SMILES string of the molecule is Cc1cc(C(=O)N(Cc2cccs2)C2CC2)cc(Cl)n1. The molecule has 2 aromatic heterocycles. The van der Waals surface area contributed by atoms with Crippen LogP contribution in [0, 0.1) is 6.92 Å². The molecule has 2 aromatic rings. The van der Waals surface area contributed by atoms with E-state index in [-0.39, 0.29) is 5.91 Å². The molecule has 2 heterocycles. The summed E-state index contributed by atoms with van der Waals surface area (Å²) in [5.74, 6) is 0.0494. The molecule has 0 radical (unpaired) electrons. The van der Waals surface area contributed by atoms with Crippen molar-refractivity contribution in [3.05, 3.63) is 50.9 Å². The highest BCUT2D eigenvalue weighted by Crippen LogP contribution is 2.31. The number of rotatable bonds is 4. The van der Waals surface area contributed by atoms with Gasteiger partial charge in [-0.2, -0.15) is 0 Å². The summed E-state index contributed by atoms with van der Waals surface area (Å²) in [5.41, 5.74) is 1.40.